The number of aromatic amines is 1. The number of guanidine groups is 1. The molecule has 1 aromatic carbocycles. The third-order valence-electron chi connectivity index (χ3n) is 4.93. The van der Waals surface area contributed by atoms with Crippen LogP contribution in [-0.2, 0) is 16.0 Å². The van der Waals surface area contributed by atoms with Crippen molar-refractivity contribution in [3.05, 3.63) is 23.9 Å². The molecule has 2 rings (SSSR count). The van der Waals surface area contributed by atoms with Gasteiger partial charge < -0.3 is 34.7 Å². The van der Waals surface area contributed by atoms with Crippen LogP contribution in [0, 0.1) is 0 Å². The first-order chi connectivity index (χ1) is 15.5. The molecule has 1 heterocycles. The van der Waals surface area contributed by atoms with Gasteiger partial charge in [0.1, 0.15) is 18.0 Å². The van der Waals surface area contributed by atoms with E-state index in [1.165, 1.54) is 4.90 Å². The van der Waals surface area contributed by atoms with E-state index < -0.39 is 0 Å². The highest BCUT2D eigenvalue weighted by Gasteiger charge is 2.09. The van der Waals surface area contributed by atoms with Crippen LogP contribution in [0.4, 0.5) is 0 Å². The molecular weight excluding hydrogens is 537 g/mol. The summed E-state index contributed by atoms with van der Waals surface area (Å²) in [7, 11) is 6.76. The first kappa shape index (κ1) is 28.8. The summed E-state index contributed by atoms with van der Waals surface area (Å²) in [6.07, 6.45) is 2.63. The molecule has 33 heavy (non-hydrogen) atoms. The fraction of sp³-hybridized carbons (Fsp3) is 0.565. The van der Waals surface area contributed by atoms with Gasteiger partial charge in [-0.3, -0.25) is 4.79 Å². The first-order valence-corrected chi connectivity index (χ1v) is 11.0. The van der Waals surface area contributed by atoms with Gasteiger partial charge in [-0.05, 0) is 32.3 Å². The molecule has 2 aromatic rings. The average molecular weight is 575 g/mol. The van der Waals surface area contributed by atoms with E-state index in [0.29, 0.717) is 19.2 Å². The van der Waals surface area contributed by atoms with E-state index in [1.54, 1.807) is 28.3 Å². The van der Waals surface area contributed by atoms with Gasteiger partial charge in [-0.1, -0.05) is 0 Å². The molecule has 9 nitrogen and oxygen atoms in total. The highest BCUT2D eigenvalue weighted by Crippen LogP contribution is 2.31. The number of aryl methyl sites for hydroxylation is 1. The van der Waals surface area contributed by atoms with Gasteiger partial charge in [-0.15, -0.1) is 24.0 Å². The SMILES string of the molecule is CCOCCCNC(=NCC(=O)N(C)C)NCCCc1cc2c(OC)cc(OC)cc2[nH]1.I. The number of H-pyrrole nitrogens is 1. The van der Waals surface area contributed by atoms with Crippen molar-refractivity contribution in [3.63, 3.8) is 0 Å². The number of nitrogens with one attached hydrogen (secondary N) is 3. The van der Waals surface area contributed by atoms with Crippen molar-refractivity contribution >= 4 is 46.7 Å². The van der Waals surface area contributed by atoms with E-state index >= 15 is 0 Å². The van der Waals surface area contributed by atoms with Gasteiger partial charge in [0.2, 0.25) is 5.91 Å². The number of aliphatic imine (C=N–C) groups is 1. The highest BCUT2D eigenvalue weighted by molar-refractivity contribution is 14.0. The second-order valence-electron chi connectivity index (χ2n) is 7.55. The number of carbonyl (C=O) groups is 1. The van der Waals surface area contributed by atoms with Crippen molar-refractivity contribution in [2.75, 3.05) is 61.2 Å². The summed E-state index contributed by atoms with van der Waals surface area (Å²) >= 11 is 0. The predicted molar refractivity (Wildman–Crippen MR) is 143 cm³/mol. The van der Waals surface area contributed by atoms with E-state index in [4.69, 9.17) is 14.2 Å². The van der Waals surface area contributed by atoms with Gasteiger partial charge in [-0.25, -0.2) is 4.99 Å². The normalized spacial score (nSPS) is 11.1. The van der Waals surface area contributed by atoms with Crippen LogP contribution >= 0.6 is 24.0 Å². The third-order valence-corrected chi connectivity index (χ3v) is 4.93. The number of carbonyl (C=O) groups excluding carboxylic acids is 1. The topological polar surface area (TPSA) is 100 Å². The Kier molecular flexibility index (Phi) is 13.6. The number of amides is 1. The van der Waals surface area contributed by atoms with Crippen LogP contribution in [0.2, 0.25) is 0 Å². The van der Waals surface area contributed by atoms with Gasteiger partial charge >= 0.3 is 0 Å². The van der Waals surface area contributed by atoms with Crippen LogP contribution in [0.15, 0.2) is 23.2 Å². The standard InChI is InChI=1S/C23H37N5O4.HI/c1-6-32-12-8-11-25-23(26-16-22(29)28(2)3)24-10-7-9-17-13-19-20(27-17)14-18(30-4)15-21(19)31-5;/h13-15,27H,6-12,16H2,1-5H3,(H2,24,25,26);1H. The Morgan fingerprint density at radius 1 is 1.09 bits per heavy atom. The number of fused-ring (bicyclic) bond motifs is 1. The monoisotopic (exact) mass is 575 g/mol. The number of likely N-dealkylation sites (N-methyl/N-ethyl adjacent to an activating group) is 1. The fourth-order valence-corrected chi connectivity index (χ4v) is 3.13. The van der Waals surface area contributed by atoms with Crippen LogP contribution in [0.1, 0.15) is 25.5 Å². The first-order valence-electron chi connectivity index (χ1n) is 11.0. The van der Waals surface area contributed by atoms with Gasteiger partial charge in [-0.2, -0.15) is 0 Å². The largest absolute Gasteiger partial charge is 0.497 e. The van der Waals surface area contributed by atoms with Crippen molar-refractivity contribution in [1.82, 2.24) is 20.5 Å². The van der Waals surface area contributed by atoms with Crippen molar-refractivity contribution in [2.45, 2.75) is 26.2 Å². The summed E-state index contributed by atoms with van der Waals surface area (Å²) in [6, 6.07) is 5.97. The lowest BCUT2D eigenvalue weighted by Gasteiger charge is -2.13. The number of benzene rings is 1. The van der Waals surface area contributed by atoms with Crippen LogP contribution < -0.4 is 20.1 Å². The number of halogens is 1. The maximum absolute atomic E-state index is 11.9. The molecule has 1 aromatic heterocycles. The van der Waals surface area contributed by atoms with Crippen LogP contribution in [0.5, 0.6) is 11.5 Å². The zero-order valence-electron chi connectivity index (χ0n) is 20.3. The van der Waals surface area contributed by atoms with Gasteiger partial charge in [0.15, 0.2) is 5.96 Å². The summed E-state index contributed by atoms with van der Waals surface area (Å²) in [4.78, 5) is 21.3. The Bertz CT molecular complexity index is 885. The smallest absolute Gasteiger partial charge is 0.243 e. The molecule has 0 unspecified atom stereocenters. The third kappa shape index (κ3) is 9.66. The fourth-order valence-electron chi connectivity index (χ4n) is 3.13. The molecule has 0 radical (unpaired) electrons. The summed E-state index contributed by atoms with van der Waals surface area (Å²) in [5.74, 6) is 2.15. The molecule has 10 heteroatoms. The molecule has 0 bridgehead atoms. The molecule has 1 amide bonds. The molecule has 0 spiro atoms. The molecule has 0 aliphatic carbocycles. The van der Waals surface area contributed by atoms with E-state index in [9.17, 15) is 4.79 Å². The van der Waals surface area contributed by atoms with Crippen molar-refractivity contribution in [1.29, 1.82) is 0 Å². The highest BCUT2D eigenvalue weighted by atomic mass is 127. The number of nitrogens with zero attached hydrogens (tertiary/aromatic N) is 2. The van der Waals surface area contributed by atoms with Gasteiger partial charge in [0.05, 0.1) is 19.7 Å². The zero-order chi connectivity index (χ0) is 23.3. The summed E-state index contributed by atoms with van der Waals surface area (Å²) < 4.78 is 16.2. The maximum atomic E-state index is 11.9. The zero-order valence-corrected chi connectivity index (χ0v) is 22.7. The van der Waals surface area contributed by atoms with Crippen LogP contribution in [-0.4, -0.2) is 82.9 Å². The van der Waals surface area contributed by atoms with Crippen molar-refractivity contribution < 1.29 is 19.0 Å². The number of hydrogen-bond donors (Lipinski definition) is 3. The minimum atomic E-state index is -0.0390. The lowest BCUT2D eigenvalue weighted by molar-refractivity contribution is -0.127. The quantitative estimate of drug-likeness (QED) is 0.147. The molecule has 186 valence electrons. The lowest BCUT2D eigenvalue weighted by atomic mass is 10.2. The van der Waals surface area contributed by atoms with Crippen LogP contribution in [0.25, 0.3) is 10.9 Å². The van der Waals surface area contributed by atoms with E-state index in [-0.39, 0.29) is 36.4 Å². The van der Waals surface area contributed by atoms with Crippen molar-refractivity contribution in [3.8, 4) is 11.5 Å². The Morgan fingerprint density at radius 2 is 1.82 bits per heavy atom. The number of ether oxygens (including phenoxy) is 3. The Hall–Kier alpha value is -2.21. The molecular formula is C23H38IN5O4. The summed E-state index contributed by atoms with van der Waals surface area (Å²) in [6.45, 7) is 4.95. The number of rotatable bonds is 13. The molecule has 0 aliphatic heterocycles. The van der Waals surface area contributed by atoms with E-state index in [0.717, 1.165) is 60.4 Å². The number of aromatic nitrogens is 1. The minimum absolute atomic E-state index is 0. The maximum Gasteiger partial charge on any atom is 0.243 e. The second-order valence-corrected chi connectivity index (χ2v) is 7.55. The Morgan fingerprint density at radius 3 is 2.45 bits per heavy atom. The minimum Gasteiger partial charge on any atom is -0.497 e. The Labute approximate surface area is 213 Å². The molecule has 0 atom stereocenters. The van der Waals surface area contributed by atoms with E-state index in [1.807, 2.05) is 19.1 Å². The van der Waals surface area contributed by atoms with Crippen LogP contribution in [0.3, 0.4) is 0 Å². The number of hydrogen-bond acceptors (Lipinski definition) is 5. The average Bonchev–Trinajstić information content (AvgIpc) is 3.21. The summed E-state index contributed by atoms with van der Waals surface area (Å²) in [5.41, 5.74) is 2.11. The summed E-state index contributed by atoms with van der Waals surface area (Å²) in [5, 5.41) is 7.63. The van der Waals surface area contributed by atoms with Gasteiger partial charge in [0, 0.05) is 63.6 Å². The Balaban J connectivity index is 0.00000544. The van der Waals surface area contributed by atoms with Gasteiger partial charge in [0.25, 0.3) is 0 Å². The molecule has 3 N–H and O–H groups in total. The molecule has 0 saturated carbocycles. The molecule has 0 fully saturated rings. The molecule has 0 aliphatic rings. The van der Waals surface area contributed by atoms with Crippen molar-refractivity contribution in [2.24, 2.45) is 4.99 Å². The van der Waals surface area contributed by atoms with E-state index in [2.05, 4.69) is 26.7 Å². The molecule has 0 saturated heterocycles. The lowest BCUT2D eigenvalue weighted by Crippen LogP contribution is -2.39. The number of methoxy groups -OCH3 is 2. The predicted octanol–water partition coefficient (Wildman–Crippen LogP) is 2.79. The second kappa shape index (κ2) is 15.6.